The summed E-state index contributed by atoms with van der Waals surface area (Å²) in [5, 5.41) is 9.99. The molecule has 136 valence electrons. The van der Waals surface area contributed by atoms with Crippen molar-refractivity contribution in [3.05, 3.63) is 65.7 Å². The number of aliphatic hydroxyl groups excluding tert-OH is 1. The summed E-state index contributed by atoms with van der Waals surface area (Å²) in [6.07, 6.45) is 2.09. The molecule has 0 heterocycles. The minimum absolute atomic E-state index is 0.196. The molecule has 4 heteroatoms. The van der Waals surface area contributed by atoms with Gasteiger partial charge < -0.3 is 20.3 Å². The van der Waals surface area contributed by atoms with Crippen LogP contribution in [0.5, 0.6) is 5.75 Å². The maximum atomic E-state index is 9.99. The molecule has 2 atom stereocenters. The monoisotopic (exact) mass is 343 g/mol. The topological polar surface area (TPSA) is 64.7 Å². The molecule has 0 fully saturated rings. The fourth-order valence-corrected chi connectivity index (χ4v) is 2.59. The first-order chi connectivity index (χ1) is 12.2. The molecule has 25 heavy (non-hydrogen) atoms. The smallest absolute Gasteiger partial charge is 0.119 e. The highest BCUT2D eigenvalue weighted by molar-refractivity contribution is 5.29. The van der Waals surface area contributed by atoms with Crippen LogP contribution in [0.4, 0.5) is 0 Å². The Labute approximate surface area is 150 Å². The van der Waals surface area contributed by atoms with Crippen LogP contribution in [0.3, 0.4) is 0 Å². The van der Waals surface area contributed by atoms with E-state index >= 15 is 0 Å². The van der Waals surface area contributed by atoms with Gasteiger partial charge in [-0.05, 0) is 56.0 Å². The summed E-state index contributed by atoms with van der Waals surface area (Å²) < 4.78 is 11.6. The average molecular weight is 343 g/mol. The third-order valence-corrected chi connectivity index (χ3v) is 4.08. The van der Waals surface area contributed by atoms with Gasteiger partial charge in [-0.3, -0.25) is 0 Å². The second kappa shape index (κ2) is 10.9. The molecule has 0 aliphatic heterocycles. The molecule has 0 radical (unpaired) electrons. The molecular weight excluding hydrogens is 314 g/mol. The molecule has 2 unspecified atom stereocenters. The van der Waals surface area contributed by atoms with E-state index in [-0.39, 0.29) is 6.10 Å². The Morgan fingerprint density at radius 3 is 2.60 bits per heavy atom. The Kier molecular flexibility index (Phi) is 8.46. The third kappa shape index (κ3) is 7.26. The first kappa shape index (κ1) is 19.4. The Bertz CT molecular complexity index is 603. The Hall–Kier alpha value is -1.88. The first-order valence-electron chi connectivity index (χ1n) is 8.95. The average Bonchev–Trinajstić information content (AvgIpc) is 2.65. The van der Waals surface area contributed by atoms with Crippen molar-refractivity contribution in [3.8, 4) is 5.75 Å². The minimum Gasteiger partial charge on any atom is -0.494 e. The number of hydrogen-bond acceptors (Lipinski definition) is 4. The summed E-state index contributed by atoms with van der Waals surface area (Å²) in [5.74, 6) is 0.784. The third-order valence-electron chi connectivity index (χ3n) is 4.08. The van der Waals surface area contributed by atoms with Gasteiger partial charge in [0.25, 0.3) is 0 Å². The van der Waals surface area contributed by atoms with Crippen LogP contribution in [0.25, 0.3) is 0 Å². The standard InChI is InChI=1S/C21H29NO3/c1-17(25-16-18-8-3-2-4-9-18)7-6-14-24-20-11-5-10-19(15-20)21(23)12-13-22/h2-5,8-11,15,17,21,23H,6-7,12-14,16,22H2,1H3. The lowest BCUT2D eigenvalue weighted by Gasteiger charge is -2.14. The number of rotatable bonds is 11. The van der Waals surface area contributed by atoms with E-state index in [9.17, 15) is 5.11 Å². The zero-order chi connectivity index (χ0) is 17.9. The van der Waals surface area contributed by atoms with Gasteiger partial charge in [-0.1, -0.05) is 42.5 Å². The van der Waals surface area contributed by atoms with Gasteiger partial charge in [0, 0.05) is 0 Å². The van der Waals surface area contributed by atoms with Crippen molar-refractivity contribution in [2.24, 2.45) is 5.73 Å². The molecule has 0 amide bonds. The molecule has 0 saturated heterocycles. The number of ether oxygens (including phenoxy) is 2. The van der Waals surface area contributed by atoms with E-state index in [0.29, 0.717) is 26.2 Å². The van der Waals surface area contributed by atoms with E-state index in [0.717, 1.165) is 24.2 Å². The Morgan fingerprint density at radius 1 is 1.04 bits per heavy atom. The normalized spacial score (nSPS) is 13.4. The zero-order valence-electron chi connectivity index (χ0n) is 14.9. The van der Waals surface area contributed by atoms with E-state index in [1.54, 1.807) is 0 Å². The molecule has 0 aromatic heterocycles. The van der Waals surface area contributed by atoms with Crippen molar-refractivity contribution in [3.63, 3.8) is 0 Å². The summed E-state index contributed by atoms with van der Waals surface area (Å²) in [5.41, 5.74) is 7.53. The van der Waals surface area contributed by atoms with Crippen molar-refractivity contribution in [2.75, 3.05) is 13.2 Å². The van der Waals surface area contributed by atoms with E-state index < -0.39 is 6.10 Å². The minimum atomic E-state index is -0.528. The van der Waals surface area contributed by atoms with Gasteiger partial charge in [-0.25, -0.2) is 0 Å². The van der Waals surface area contributed by atoms with E-state index in [4.69, 9.17) is 15.2 Å². The SMILES string of the molecule is CC(CCCOc1cccc(C(O)CCN)c1)OCc1ccccc1. The van der Waals surface area contributed by atoms with Crippen LogP contribution < -0.4 is 10.5 Å². The van der Waals surface area contributed by atoms with Crippen LogP contribution in [0.15, 0.2) is 54.6 Å². The van der Waals surface area contributed by atoms with Gasteiger partial charge in [0.15, 0.2) is 0 Å². The summed E-state index contributed by atoms with van der Waals surface area (Å²) in [4.78, 5) is 0. The number of benzene rings is 2. The van der Waals surface area contributed by atoms with Crippen LogP contribution >= 0.6 is 0 Å². The van der Waals surface area contributed by atoms with Gasteiger partial charge >= 0.3 is 0 Å². The second-order valence-corrected chi connectivity index (χ2v) is 6.26. The fraction of sp³-hybridized carbons (Fsp3) is 0.429. The quantitative estimate of drug-likeness (QED) is 0.609. The Morgan fingerprint density at radius 2 is 1.84 bits per heavy atom. The predicted molar refractivity (Wildman–Crippen MR) is 100 cm³/mol. The zero-order valence-corrected chi connectivity index (χ0v) is 14.9. The predicted octanol–water partition coefficient (Wildman–Crippen LogP) is 3.83. The van der Waals surface area contributed by atoms with Crippen molar-refractivity contribution in [1.29, 1.82) is 0 Å². The highest BCUT2D eigenvalue weighted by Gasteiger charge is 2.08. The van der Waals surface area contributed by atoms with Crippen LogP contribution in [-0.2, 0) is 11.3 Å². The molecule has 2 rings (SSSR count). The number of nitrogens with two attached hydrogens (primary N) is 1. The van der Waals surface area contributed by atoms with Crippen molar-refractivity contribution in [2.45, 2.75) is 45.0 Å². The van der Waals surface area contributed by atoms with E-state index in [1.807, 2.05) is 42.5 Å². The fourth-order valence-electron chi connectivity index (χ4n) is 2.59. The van der Waals surface area contributed by atoms with Crippen molar-refractivity contribution in [1.82, 2.24) is 0 Å². The van der Waals surface area contributed by atoms with Crippen LogP contribution in [-0.4, -0.2) is 24.4 Å². The molecule has 0 bridgehead atoms. The molecule has 0 aliphatic carbocycles. The Balaban J connectivity index is 1.66. The van der Waals surface area contributed by atoms with Crippen LogP contribution in [0, 0.1) is 0 Å². The lowest BCUT2D eigenvalue weighted by molar-refractivity contribution is 0.0438. The lowest BCUT2D eigenvalue weighted by atomic mass is 10.1. The molecule has 3 N–H and O–H groups in total. The number of hydrogen-bond donors (Lipinski definition) is 2. The van der Waals surface area contributed by atoms with Gasteiger partial charge in [0.1, 0.15) is 5.75 Å². The molecule has 2 aromatic rings. The van der Waals surface area contributed by atoms with Crippen LogP contribution in [0.1, 0.15) is 43.4 Å². The van der Waals surface area contributed by atoms with Gasteiger partial charge in [-0.15, -0.1) is 0 Å². The highest BCUT2D eigenvalue weighted by atomic mass is 16.5. The van der Waals surface area contributed by atoms with Gasteiger partial charge in [-0.2, -0.15) is 0 Å². The van der Waals surface area contributed by atoms with E-state index in [2.05, 4.69) is 19.1 Å². The van der Waals surface area contributed by atoms with E-state index in [1.165, 1.54) is 5.56 Å². The first-order valence-corrected chi connectivity index (χ1v) is 8.95. The maximum absolute atomic E-state index is 9.99. The molecule has 4 nitrogen and oxygen atoms in total. The van der Waals surface area contributed by atoms with Crippen molar-refractivity contribution >= 4 is 0 Å². The highest BCUT2D eigenvalue weighted by Crippen LogP contribution is 2.21. The summed E-state index contributed by atoms with van der Waals surface area (Å²) >= 11 is 0. The molecule has 0 aliphatic rings. The van der Waals surface area contributed by atoms with Gasteiger partial charge in [0.2, 0.25) is 0 Å². The maximum Gasteiger partial charge on any atom is 0.119 e. The lowest BCUT2D eigenvalue weighted by Crippen LogP contribution is -2.10. The largest absolute Gasteiger partial charge is 0.494 e. The van der Waals surface area contributed by atoms with Gasteiger partial charge in [0.05, 0.1) is 25.4 Å². The summed E-state index contributed by atoms with van der Waals surface area (Å²) in [6, 6.07) is 17.8. The molecule has 0 spiro atoms. The van der Waals surface area contributed by atoms with Crippen molar-refractivity contribution < 1.29 is 14.6 Å². The second-order valence-electron chi connectivity index (χ2n) is 6.26. The molecular formula is C21H29NO3. The molecule has 0 saturated carbocycles. The summed E-state index contributed by atoms with van der Waals surface area (Å²) in [6.45, 7) is 3.83. The number of aliphatic hydroxyl groups is 1. The van der Waals surface area contributed by atoms with Crippen LogP contribution in [0.2, 0.25) is 0 Å². The molecule has 2 aromatic carbocycles. The summed E-state index contributed by atoms with van der Waals surface area (Å²) in [7, 11) is 0.